The van der Waals surface area contributed by atoms with Gasteiger partial charge in [-0.2, -0.15) is 0 Å². The van der Waals surface area contributed by atoms with E-state index in [1.165, 1.54) is 22.9 Å². The number of nitrogens with one attached hydrogen (secondary N) is 1. The van der Waals surface area contributed by atoms with E-state index in [4.69, 9.17) is 26.4 Å². The fourth-order valence-corrected chi connectivity index (χ4v) is 3.96. The van der Waals surface area contributed by atoms with E-state index in [0.29, 0.717) is 33.9 Å². The largest absolute Gasteiger partial charge is 0.493 e. The van der Waals surface area contributed by atoms with Gasteiger partial charge in [-0.05, 0) is 60.9 Å². The average Bonchev–Trinajstić information content (AvgIpc) is 2.98. The van der Waals surface area contributed by atoms with Gasteiger partial charge in [-0.1, -0.05) is 36.1 Å². The van der Waals surface area contributed by atoms with Crippen LogP contribution in [-0.4, -0.2) is 30.6 Å². The Hall–Kier alpha value is -2.51. The van der Waals surface area contributed by atoms with Crippen LogP contribution in [0.4, 0.5) is 0 Å². The van der Waals surface area contributed by atoms with Crippen molar-refractivity contribution in [3.05, 3.63) is 58.0 Å². The van der Waals surface area contributed by atoms with Crippen LogP contribution >= 0.6 is 24.0 Å². The number of aryl methyl sites for hydroxylation is 2. The Balaban J connectivity index is 1.53. The Morgan fingerprint density at radius 3 is 2.41 bits per heavy atom. The van der Waals surface area contributed by atoms with Crippen molar-refractivity contribution >= 4 is 40.3 Å². The topological polar surface area (TPSA) is 56.8 Å². The van der Waals surface area contributed by atoms with Gasteiger partial charge in [-0.3, -0.25) is 4.79 Å². The maximum Gasteiger partial charge on any atom is 0.263 e. The van der Waals surface area contributed by atoms with E-state index in [1.54, 1.807) is 13.2 Å². The highest BCUT2D eigenvalue weighted by Gasteiger charge is 2.22. The van der Waals surface area contributed by atoms with Gasteiger partial charge in [0.1, 0.15) is 10.1 Å². The fourth-order valence-electron chi connectivity index (χ4n) is 2.91. The van der Waals surface area contributed by atoms with Gasteiger partial charge >= 0.3 is 0 Å². The normalized spacial score (nSPS) is 14.8. The predicted octanol–water partition coefficient (Wildman–Crippen LogP) is 4.65. The van der Waals surface area contributed by atoms with Gasteiger partial charge in [0.2, 0.25) is 0 Å². The summed E-state index contributed by atoms with van der Waals surface area (Å²) in [7, 11) is 1.59. The first-order valence-electron chi connectivity index (χ1n) is 9.21. The maximum atomic E-state index is 11.8. The highest BCUT2D eigenvalue weighted by molar-refractivity contribution is 8.26. The molecule has 0 aromatic heterocycles. The SMILES string of the molecule is COc1cc(/C=C2/SC(=S)NC2=O)ccc1OCCCOc1cc(C)cc(C)c1. The van der Waals surface area contributed by atoms with Crippen LogP contribution in [0.3, 0.4) is 0 Å². The van der Waals surface area contributed by atoms with Crippen LogP contribution in [0.1, 0.15) is 23.1 Å². The number of thioether (sulfide) groups is 1. The molecule has 1 aliphatic rings. The number of methoxy groups -OCH3 is 1. The van der Waals surface area contributed by atoms with Crippen LogP contribution in [-0.2, 0) is 4.79 Å². The summed E-state index contributed by atoms with van der Waals surface area (Å²) in [5.41, 5.74) is 3.22. The molecule has 0 bridgehead atoms. The van der Waals surface area contributed by atoms with Crippen LogP contribution in [0.25, 0.3) is 6.08 Å². The van der Waals surface area contributed by atoms with E-state index in [1.807, 2.05) is 30.3 Å². The Bertz CT molecular complexity index is 936. The van der Waals surface area contributed by atoms with Crippen molar-refractivity contribution in [1.29, 1.82) is 0 Å². The lowest BCUT2D eigenvalue weighted by Crippen LogP contribution is -2.17. The summed E-state index contributed by atoms with van der Waals surface area (Å²) >= 11 is 6.26. The summed E-state index contributed by atoms with van der Waals surface area (Å²) in [4.78, 5) is 12.4. The lowest BCUT2D eigenvalue weighted by atomic mass is 10.1. The number of hydrogen-bond acceptors (Lipinski definition) is 6. The lowest BCUT2D eigenvalue weighted by Gasteiger charge is -2.12. The molecule has 7 heteroatoms. The standard InChI is InChI=1S/C22H23NO4S2/c1-14-9-15(2)11-17(10-14)26-7-4-8-27-18-6-5-16(12-19(18)25-3)13-20-21(24)23-22(28)29-20/h5-6,9-13H,4,7-8H2,1-3H3,(H,23,24,28)/b20-13+. The van der Waals surface area contributed by atoms with Gasteiger partial charge in [0, 0.05) is 6.42 Å². The quantitative estimate of drug-likeness (QED) is 0.375. The third kappa shape index (κ3) is 5.98. The molecule has 1 fully saturated rings. The molecule has 1 heterocycles. The molecule has 0 radical (unpaired) electrons. The number of amides is 1. The first-order valence-corrected chi connectivity index (χ1v) is 10.4. The zero-order valence-electron chi connectivity index (χ0n) is 16.6. The van der Waals surface area contributed by atoms with Crippen molar-refractivity contribution in [1.82, 2.24) is 5.32 Å². The van der Waals surface area contributed by atoms with Crippen LogP contribution < -0.4 is 19.5 Å². The zero-order chi connectivity index (χ0) is 20.8. The summed E-state index contributed by atoms with van der Waals surface area (Å²) in [5.74, 6) is 1.97. The monoisotopic (exact) mass is 429 g/mol. The maximum absolute atomic E-state index is 11.8. The average molecular weight is 430 g/mol. The molecule has 0 aliphatic carbocycles. The van der Waals surface area contributed by atoms with Crippen molar-refractivity contribution in [3.8, 4) is 17.2 Å². The van der Waals surface area contributed by atoms with E-state index in [-0.39, 0.29) is 5.91 Å². The van der Waals surface area contributed by atoms with Gasteiger partial charge in [0.05, 0.1) is 25.2 Å². The smallest absolute Gasteiger partial charge is 0.263 e. The second kappa shape index (κ2) is 9.80. The van der Waals surface area contributed by atoms with Crippen molar-refractivity contribution < 1.29 is 19.0 Å². The molecular weight excluding hydrogens is 406 g/mol. The summed E-state index contributed by atoms with van der Waals surface area (Å²) in [6.45, 7) is 5.19. The van der Waals surface area contributed by atoms with Crippen molar-refractivity contribution in [2.45, 2.75) is 20.3 Å². The molecule has 1 N–H and O–H groups in total. The second-order valence-corrected chi connectivity index (χ2v) is 8.36. The number of benzene rings is 2. The number of hydrogen-bond donors (Lipinski definition) is 1. The zero-order valence-corrected chi connectivity index (χ0v) is 18.2. The first kappa shape index (κ1) is 21.2. The molecule has 0 atom stereocenters. The molecule has 1 aliphatic heterocycles. The van der Waals surface area contributed by atoms with Gasteiger partial charge < -0.3 is 19.5 Å². The number of carbonyl (C=O) groups excluding carboxylic acids is 1. The number of ether oxygens (including phenoxy) is 3. The lowest BCUT2D eigenvalue weighted by molar-refractivity contribution is -0.115. The summed E-state index contributed by atoms with van der Waals surface area (Å²) in [5, 5.41) is 2.60. The molecule has 2 aromatic rings. The van der Waals surface area contributed by atoms with E-state index < -0.39 is 0 Å². The van der Waals surface area contributed by atoms with Crippen LogP contribution in [0.5, 0.6) is 17.2 Å². The van der Waals surface area contributed by atoms with Crippen molar-refractivity contribution in [3.63, 3.8) is 0 Å². The highest BCUT2D eigenvalue weighted by Crippen LogP contribution is 2.31. The third-order valence-corrected chi connectivity index (χ3v) is 5.30. The molecule has 0 spiro atoms. The minimum Gasteiger partial charge on any atom is -0.493 e. The first-order chi connectivity index (χ1) is 13.9. The predicted molar refractivity (Wildman–Crippen MR) is 121 cm³/mol. The minimum absolute atomic E-state index is 0.178. The van der Waals surface area contributed by atoms with Gasteiger partial charge in [-0.25, -0.2) is 0 Å². The Morgan fingerprint density at radius 1 is 1.03 bits per heavy atom. The molecule has 152 valence electrons. The van der Waals surface area contributed by atoms with Crippen LogP contribution in [0, 0.1) is 13.8 Å². The van der Waals surface area contributed by atoms with Crippen LogP contribution in [0.15, 0.2) is 41.3 Å². The molecule has 0 unspecified atom stereocenters. The second-order valence-electron chi connectivity index (χ2n) is 6.64. The summed E-state index contributed by atoms with van der Waals surface area (Å²) in [6.07, 6.45) is 2.53. The summed E-state index contributed by atoms with van der Waals surface area (Å²) in [6, 6.07) is 11.7. The van der Waals surface area contributed by atoms with E-state index >= 15 is 0 Å². The molecular formula is C22H23NO4S2. The Morgan fingerprint density at radius 2 is 1.76 bits per heavy atom. The number of rotatable bonds is 8. The van der Waals surface area contributed by atoms with Crippen molar-refractivity contribution in [2.75, 3.05) is 20.3 Å². The van der Waals surface area contributed by atoms with Gasteiger partial charge in [0.25, 0.3) is 5.91 Å². The van der Waals surface area contributed by atoms with Gasteiger partial charge in [-0.15, -0.1) is 0 Å². The fraction of sp³-hybridized carbons (Fsp3) is 0.273. The third-order valence-electron chi connectivity index (χ3n) is 4.14. The molecule has 1 amide bonds. The van der Waals surface area contributed by atoms with E-state index in [2.05, 4.69) is 25.2 Å². The molecule has 2 aromatic carbocycles. The number of carbonyl (C=O) groups is 1. The summed E-state index contributed by atoms with van der Waals surface area (Å²) < 4.78 is 17.6. The Kier molecular flexibility index (Phi) is 7.17. The molecule has 1 saturated heterocycles. The molecule has 29 heavy (non-hydrogen) atoms. The molecule has 0 saturated carbocycles. The molecule has 3 rings (SSSR count). The van der Waals surface area contributed by atoms with E-state index in [9.17, 15) is 4.79 Å². The number of thiocarbonyl (C=S) groups is 1. The van der Waals surface area contributed by atoms with Gasteiger partial charge in [0.15, 0.2) is 11.5 Å². The Labute approximate surface area is 180 Å². The van der Waals surface area contributed by atoms with E-state index in [0.717, 1.165) is 17.7 Å². The molecule has 5 nitrogen and oxygen atoms in total. The van der Waals surface area contributed by atoms with Crippen LogP contribution in [0.2, 0.25) is 0 Å². The highest BCUT2D eigenvalue weighted by atomic mass is 32.2. The van der Waals surface area contributed by atoms with Crippen molar-refractivity contribution in [2.24, 2.45) is 0 Å². The minimum atomic E-state index is -0.178.